The van der Waals surface area contributed by atoms with Gasteiger partial charge in [-0.1, -0.05) is 23.2 Å². The second kappa shape index (κ2) is 5.42. The van der Waals surface area contributed by atoms with Crippen LogP contribution in [0.4, 0.5) is 0 Å². The third-order valence-electron chi connectivity index (χ3n) is 2.43. The average Bonchev–Trinajstić information content (AvgIpc) is 2.79. The number of hydrogen-bond acceptors (Lipinski definition) is 2. The maximum atomic E-state index is 12.0. The van der Waals surface area contributed by atoms with E-state index in [1.165, 1.54) is 6.20 Å². The van der Waals surface area contributed by atoms with Crippen LogP contribution in [0.25, 0.3) is 0 Å². The summed E-state index contributed by atoms with van der Waals surface area (Å²) in [7, 11) is 1.71. The van der Waals surface area contributed by atoms with Gasteiger partial charge in [0.1, 0.15) is 0 Å². The first-order valence-electron chi connectivity index (χ1n) is 5.25. The summed E-state index contributed by atoms with van der Waals surface area (Å²) < 4.78 is 0. The van der Waals surface area contributed by atoms with E-state index < -0.39 is 0 Å². The molecule has 4 nitrogen and oxygen atoms in total. The Bertz CT molecular complexity index is 534. The van der Waals surface area contributed by atoms with E-state index in [2.05, 4.69) is 10.2 Å². The summed E-state index contributed by atoms with van der Waals surface area (Å²) >= 11 is 11.8. The number of carbonyl (C=O) groups is 1. The van der Waals surface area contributed by atoms with Gasteiger partial charge in [0.2, 0.25) is 0 Å². The van der Waals surface area contributed by atoms with Gasteiger partial charge in [-0.05, 0) is 23.8 Å². The average molecular weight is 284 g/mol. The smallest absolute Gasteiger partial charge is 0.257 e. The predicted octanol–water partition coefficient (Wildman–Crippen LogP) is 2.99. The largest absolute Gasteiger partial charge is 0.337 e. The Morgan fingerprint density at radius 1 is 1.33 bits per heavy atom. The van der Waals surface area contributed by atoms with E-state index in [9.17, 15) is 4.79 Å². The molecule has 18 heavy (non-hydrogen) atoms. The van der Waals surface area contributed by atoms with Gasteiger partial charge in [0.15, 0.2) is 0 Å². The number of benzene rings is 1. The molecule has 0 aliphatic rings. The number of rotatable bonds is 3. The summed E-state index contributed by atoms with van der Waals surface area (Å²) in [5.74, 6) is -0.111. The lowest BCUT2D eigenvalue weighted by molar-refractivity contribution is 0.0785. The molecular formula is C12H11Cl2N3O. The van der Waals surface area contributed by atoms with Gasteiger partial charge in [0, 0.05) is 29.8 Å². The summed E-state index contributed by atoms with van der Waals surface area (Å²) in [5, 5.41) is 7.47. The highest BCUT2D eigenvalue weighted by molar-refractivity contribution is 6.34. The Labute approximate surface area is 115 Å². The normalized spacial score (nSPS) is 10.4. The van der Waals surface area contributed by atoms with Gasteiger partial charge in [0.25, 0.3) is 5.91 Å². The number of halogens is 2. The summed E-state index contributed by atoms with van der Waals surface area (Å²) in [6, 6.07) is 5.23. The molecule has 1 heterocycles. The van der Waals surface area contributed by atoms with Crippen LogP contribution >= 0.6 is 23.2 Å². The molecule has 0 bridgehead atoms. The van der Waals surface area contributed by atoms with Crippen LogP contribution < -0.4 is 0 Å². The number of aromatic nitrogens is 2. The molecule has 1 aromatic heterocycles. The van der Waals surface area contributed by atoms with Crippen LogP contribution in [0.2, 0.25) is 10.0 Å². The molecular weight excluding hydrogens is 273 g/mol. The number of hydrogen-bond donors (Lipinski definition) is 1. The SMILES string of the molecule is CN(Cc1cc(Cl)cc(Cl)c1)C(=O)c1cn[nH]c1. The minimum absolute atomic E-state index is 0.111. The molecule has 0 saturated carbocycles. The Hall–Kier alpha value is -1.52. The minimum Gasteiger partial charge on any atom is -0.337 e. The fraction of sp³-hybridized carbons (Fsp3) is 0.167. The summed E-state index contributed by atoms with van der Waals surface area (Å²) in [6.07, 6.45) is 3.05. The van der Waals surface area contributed by atoms with Crippen LogP contribution in [-0.2, 0) is 6.54 Å². The molecule has 0 aliphatic heterocycles. The van der Waals surface area contributed by atoms with Gasteiger partial charge in [-0.25, -0.2) is 0 Å². The first-order valence-corrected chi connectivity index (χ1v) is 6.01. The molecule has 0 radical (unpaired) electrons. The highest BCUT2D eigenvalue weighted by Gasteiger charge is 2.13. The number of H-pyrrole nitrogens is 1. The van der Waals surface area contributed by atoms with E-state index in [1.54, 1.807) is 36.3 Å². The van der Waals surface area contributed by atoms with Crippen molar-refractivity contribution in [3.8, 4) is 0 Å². The molecule has 1 N–H and O–H groups in total. The quantitative estimate of drug-likeness (QED) is 0.942. The number of aromatic amines is 1. The van der Waals surface area contributed by atoms with E-state index in [4.69, 9.17) is 23.2 Å². The van der Waals surface area contributed by atoms with Gasteiger partial charge in [-0.2, -0.15) is 5.10 Å². The molecule has 94 valence electrons. The molecule has 0 atom stereocenters. The number of nitrogens with one attached hydrogen (secondary N) is 1. The van der Waals surface area contributed by atoms with E-state index >= 15 is 0 Å². The fourth-order valence-corrected chi connectivity index (χ4v) is 2.21. The molecule has 6 heteroatoms. The van der Waals surface area contributed by atoms with Gasteiger partial charge >= 0.3 is 0 Å². The van der Waals surface area contributed by atoms with Crippen molar-refractivity contribution in [3.05, 3.63) is 51.8 Å². The van der Waals surface area contributed by atoms with Gasteiger partial charge < -0.3 is 4.90 Å². The van der Waals surface area contributed by atoms with Crippen molar-refractivity contribution in [2.24, 2.45) is 0 Å². The first kappa shape index (κ1) is 12.9. The molecule has 0 saturated heterocycles. The lowest BCUT2D eigenvalue weighted by Gasteiger charge is -2.16. The molecule has 1 aromatic carbocycles. The van der Waals surface area contributed by atoms with Crippen molar-refractivity contribution in [3.63, 3.8) is 0 Å². The second-order valence-corrected chi connectivity index (χ2v) is 4.80. The van der Waals surface area contributed by atoms with Gasteiger partial charge in [0.05, 0.1) is 11.8 Å². The zero-order chi connectivity index (χ0) is 13.1. The number of nitrogens with zero attached hydrogens (tertiary/aromatic N) is 2. The zero-order valence-corrected chi connectivity index (χ0v) is 11.2. The Kier molecular flexibility index (Phi) is 3.89. The fourth-order valence-electron chi connectivity index (χ4n) is 1.64. The Morgan fingerprint density at radius 3 is 2.56 bits per heavy atom. The van der Waals surface area contributed by atoms with E-state index in [0.717, 1.165) is 5.56 Å². The number of carbonyl (C=O) groups excluding carboxylic acids is 1. The van der Waals surface area contributed by atoms with Gasteiger partial charge in [-0.15, -0.1) is 0 Å². The van der Waals surface area contributed by atoms with Crippen LogP contribution in [0.1, 0.15) is 15.9 Å². The molecule has 0 spiro atoms. The van der Waals surface area contributed by atoms with Crippen LogP contribution in [0.3, 0.4) is 0 Å². The number of amides is 1. The summed E-state index contributed by atoms with van der Waals surface area (Å²) in [4.78, 5) is 13.6. The van der Waals surface area contributed by atoms with Gasteiger partial charge in [-0.3, -0.25) is 9.89 Å². The lowest BCUT2D eigenvalue weighted by atomic mass is 10.2. The van der Waals surface area contributed by atoms with Crippen LogP contribution in [0.5, 0.6) is 0 Å². The topological polar surface area (TPSA) is 49.0 Å². The molecule has 1 amide bonds. The standard InChI is InChI=1S/C12H11Cl2N3O/c1-17(12(18)9-5-15-16-6-9)7-8-2-10(13)4-11(14)3-8/h2-6H,7H2,1H3,(H,15,16). The zero-order valence-electron chi connectivity index (χ0n) is 9.65. The van der Waals surface area contributed by atoms with Crippen molar-refractivity contribution in [2.45, 2.75) is 6.54 Å². The molecule has 0 unspecified atom stereocenters. The molecule has 2 aromatic rings. The van der Waals surface area contributed by atoms with Crippen molar-refractivity contribution in [1.82, 2.24) is 15.1 Å². The van der Waals surface area contributed by atoms with Crippen LogP contribution in [-0.4, -0.2) is 28.1 Å². The monoisotopic (exact) mass is 283 g/mol. The van der Waals surface area contributed by atoms with Crippen molar-refractivity contribution in [2.75, 3.05) is 7.05 Å². The lowest BCUT2D eigenvalue weighted by Crippen LogP contribution is -2.25. The predicted molar refractivity (Wildman–Crippen MR) is 70.8 cm³/mol. The maximum absolute atomic E-state index is 12.0. The Balaban J connectivity index is 2.11. The highest BCUT2D eigenvalue weighted by atomic mass is 35.5. The molecule has 0 fully saturated rings. The van der Waals surface area contributed by atoms with Crippen molar-refractivity contribution >= 4 is 29.1 Å². The van der Waals surface area contributed by atoms with E-state index in [1.807, 2.05) is 0 Å². The van der Waals surface area contributed by atoms with Crippen LogP contribution in [0, 0.1) is 0 Å². The highest BCUT2D eigenvalue weighted by Crippen LogP contribution is 2.20. The van der Waals surface area contributed by atoms with Crippen molar-refractivity contribution < 1.29 is 4.79 Å². The summed E-state index contributed by atoms with van der Waals surface area (Å²) in [5.41, 5.74) is 1.40. The Morgan fingerprint density at radius 2 is 2.00 bits per heavy atom. The first-order chi connectivity index (χ1) is 8.56. The third-order valence-corrected chi connectivity index (χ3v) is 2.87. The van der Waals surface area contributed by atoms with Crippen molar-refractivity contribution in [1.29, 1.82) is 0 Å². The van der Waals surface area contributed by atoms with Crippen LogP contribution in [0.15, 0.2) is 30.6 Å². The third kappa shape index (κ3) is 3.03. The molecule has 2 rings (SSSR count). The summed E-state index contributed by atoms with van der Waals surface area (Å²) in [6.45, 7) is 0.435. The second-order valence-electron chi connectivity index (χ2n) is 3.93. The molecule has 0 aliphatic carbocycles. The van der Waals surface area contributed by atoms with E-state index in [0.29, 0.717) is 22.2 Å². The maximum Gasteiger partial charge on any atom is 0.257 e. The minimum atomic E-state index is -0.111. The van der Waals surface area contributed by atoms with E-state index in [-0.39, 0.29) is 5.91 Å².